The number of hydrogen-bond donors (Lipinski definition) is 2. The molecule has 0 unspecified atom stereocenters. The Morgan fingerprint density at radius 3 is 2.66 bits per heavy atom. The average Bonchev–Trinajstić information content (AvgIpc) is 2.88. The van der Waals surface area contributed by atoms with E-state index in [-0.39, 0.29) is 17.5 Å². The molecule has 0 spiro atoms. The van der Waals surface area contributed by atoms with E-state index in [0.29, 0.717) is 16.8 Å². The number of halogens is 1. The molecule has 3 N–H and O–H groups in total. The number of hydrazone groups is 1. The van der Waals surface area contributed by atoms with Gasteiger partial charge < -0.3 is 11.1 Å². The first-order valence-electron chi connectivity index (χ1n) is 10.7. The number of rotatable bonds is 5. The van der Waals surface area contributed by atoms with Crippen molar-refractivity contribution in [1.82, 2.24) is 4.98 Å². The SMILES string of the molecule is C/C=N/N(C1=CCCc2ccc(NC(=O)c3cccnc3Cl)cc21)c1ccc(C#N)cc1.NC=O. The minimum Gasteiger partial charge on any atom is -0.372 e. The summed E-state index contributed by atoms with van der Waals surface area (Å²) in [7, 11) is 0. The molecule has 0 saturated carbocycles. The molecule has 1 aliphatic rings. The molecule has 35 heavy (non-hydrogen) atoms. The van der Waals surface area contributed by atoms with Crippen LogP contribution in [0.25, 0.3) is 5.70 Å². The molecule has 0 bridgehead atoms. The van der Waals surface area contributed by atoms with Gasteiger partial charge in [-0.15, -0.1) is 0 Å². The van der Waals surface area contributed by atoms with Gasteiger partial charge in [0, 0.05) is 23.7 Å². The molecule has 4 rings (SSSR count). The molecule has 176 valence electrons. The van der Waals surface area contributed by atoms with E-state index < -0.39 is 0 Å². The molecule has 2 aromatic carbocycles. The third-order valence-electron chi connectivity index (χ3n) is 5.10. The van der Waals surface area contributed by atoms with Gasteiger partial charge in [0.15, 0.2) is 0 Å². The highest BCUT2D eigenvalue weighted by atomic mass is 35.5. The van der Waals surface area contributed by atoms with Crippen molar-refractivity contribution in [2.75, 3.05) is 10.3 Å². The smallest absolute Gasteiger partial charge is 0.258 e. The maximum absolute atomic E-state index is 12.7. The first kappa shape index (κ1) is 25.1. The fourth-order valence-electron chi connectivity index (χ4n) is 3.60. The van der Waals surface area contributed by atoms with E-state index in [4.69, 9.17) is 21.7 Å². The van der Waals surface area contributed by atoms with Gasteiger partial charge in [-0.2, -0.15) is 10.4 Å². The maximum atomic E-state index is 12.7. The second-order valence-electron chi connectivity index (χ2n) is 7.28. The molecule has 9 heteroatoms. The summed E-state index contributed by atoms with van der Waals surface area (Å²) in [5.41, 5.74) is 9.65. The van der Waals surface area contributed by atoms with Gasteiger partial charge in [-0.1, -0.05) is 23.7 Å². The van der Waals surface area contributed by atoms with Crippen molar-refractivity contribution in [3.8, 4) is 6.07 Å². The Hall–Kier alpha value is -4.48. The van der Waals surface area contributed by atoms with Gasteiger partial charge in [0.05, 0.1) is 28.6 Å². The van der Waals surface area contributed by atoms with Crippen LogP contribution in [0.2, 0.25) is 5.15 Å². The Morgan fingerprint density at radius 1 is 1.26 bits per heavy atom. The number of allylic oxidation sites excluding steroid dienone is 1. The molecule has 3 aromatic rings. The lowest BCUT2D eigenvalue weighted by molar-refractivity contribution is -0.106. The summed E-state index contributed by atoms with van der Waals surface area (Å²) in [5.74, 6) is -0.320. The maximum Gasteiger partial charge on any atom is 0.258 e. The van der Waals surface area contributed by atoms with Crippen LogP contribution in [0.15, 0.2) is 72.0 Å². The topological polar surface area (TPSA) is 124 Å². The van der Waals surface area contributed by atoms with Crippen molar-refractivity contribution in [2.45, 2.75) is 19.8 Å². The van der Waals surface area contributed by atoms with E-state index in [1.165, 1.54) is 5.56 Å². The number of carbonyl (C=O) groups excluding carboxylic acids is 2. The monoisotopic (exact) mass is 486 g/mol. The first-order chi connectivity index (χ1) is 17.0. The van der Waals surface area contributed by atoms with E-state index in [1.807, 2.05) is 42.3 Å². The van der Waals surface area contributed by atoms with Gasteiger partial charge >= 0.3 is 0 Å². The molecule has 0 radical (unpaired) electrons. The minimum absolute atomic E-state index is 0.160. The van der Waals surface area contributed by atoms with E-state index in [2.05, 4.69) is 33.3 Å². The van der Waals surface area contributed by atoms with Gasteiger partial charge in [-0.05, 0) is 73.9 Å². The zero-order chi connectivity index (χ0) is 25.2. The van der Waals surface area contributed by atoms with Gasteiger partial charge in [0.2, 0.25) is 6.41 Å². The molecule has 0 saturated heterocycles. The van der Waals surface area contributed by atoms with Crippen LogP contribution < -0.4 is 16.1 Å². The van der Waals surface area contributed by atoms with Crippen LogP contribution in [0.3, 0.4) is 0 Å². The summed E-state index contributed by atoms with van der Waals surface area (Å²) in [6.07, 6.45) is 7.44. The fraction of sp³-hybridized carbons (Fsp3) is 0.115. The molecular weight excluding hydrogens is 464 g/mol. The Labute approximate surface area is 208 Å². The van der Waals surface area contributed by atoms with Gasteiger partial charge in [0.25, 0.3) is 5.91 Å². The number of nitrogens with one attached hydrogen (secondary N) is 1. The lowest BCUT2D eigenvalue weighted by Gasteiger charge is -2.27. The molecule has 0 aliphatic heterocycles. The largest absolute Gasteiger partial charge is 0.372 e. The van der Waals surface area contributed by atoms with Crippen LogP contribution in [-0.2, 0) is 11.2 Å². The van der Waals surface area contributed by atoms with Crippen LogP contribution in [0.4, 0.5) is 11.4 Å². The van der Waals surface area contributed by atoms with Crippen molar-refractivity contribution in [1.29, 1.82) is 5.26 Å². The normalized spacial score (nSPS) is 11.9. The number of amides is 2. The Kier molecular flexibility index (Phi) is 8.70. The number of nitriles is 1. The van der Waals surface area contributed by atoms with Gasteiger partial charge in [-0.25, -0.2) is 9.99 Å². The summed E-state index contributed by atoms with van der Waals surface area (Å²) in [5, 5.41) is 18.6. The van der Waals surface area contributed by atoms with E-state index >= 15 is 0 Å². The zero-order valence-electron chi connectivity index (χ0n) is 19.0. The van der Waals surface area contributed by atoms with Gasteiger partial charge in [0.1, 0.15) is 5.15 Å². The number of carbonyl (C=O) groups is 2. The molecule has 1 aliphatic carbocycles. The number of primary amides is 1. The predicted molar refractivity (Wildman–Crippen MR) is 138 cm³/mol. The zero-order valence-corrected chi connectivity index (χ0v) is 19.7. The highest BCUT2D eigenvalue weighted by molar-refractivity contribution is 6.33. The van der Waals surface area contributed by atoms with Crippen molar-refractivity contribution in [3.05, 3.63) is 94.3 Å². The third kappa shape index (κ3) is 6.10. The Morgan fingerprint density at radius 2 is 2.00 bits per heavy atom. The summed E-state index contributed by atoms with van der Waals surface area (Å²) in [6.45, 7) is 1.86. The molecule has 0 atom stereocenters. The third-order valence-corrected chi connectivity index (χ3v) is 5.40. The number of benzene rings is 2. The fourth-order valence-corrected chi connectivity index (χ4v) is 3.81. The molecule has 8 nitrogen and oxygen atoms in total. The Bertz CT molecular complexity index is 1310. The van der Waals surface area contributed by atoms with Crippen molar-refractivity contribution in [2.24, 2.45) is 10.8 Å². The summed E-state index contributed by atoms with van der Waals surface area (Å²) in [4.78, 5) is 25.2. The summed E-state index contributed by atoms with van der Waals surface area (Å²) in [6, 6.07) is 18.6. The predicted octanol–water partition coefficient (Wildman–Crippen LogP) is 4.76. The van der Waals surface area contributed by atoms with Crippen LogP contribution in [-0.4, -0.2) is 23.5 Å². The van der Waals surface area contributed by atoms with Crippen LogP contribution in [0.1, 0.15) is 40.4 Å². The molecule has 2 amide bonds. The van der Waals surface area contributed by atoms with Crippen molar-refractivity contribution >= 4 is 47.2 Å². The molecule has 1 aromatic heterocycles. The summed E-state index contributed by atoms with van der Waals surface area (Å²) >= 11 is 6.07. The average molecular weight is 487 g/mol. The minimum atomic E-state index is -0.320. The highest BCUT2D eigenvalue weighted by Crippen LogP contribution is 2.35. The van der Waals surface area contributed by atoms with Gasteiger partial charge in [-0.3, -0.25) is 9.59 Å². The number of aryl methyl sites for hydroxylation is 1. The molecular formula is C26H23ClN6O2. The molecule has 0 fully saturated rings. The number of hydrogen-bond acceptors (Lipinski definition) is 6. The number of nitrogens with two attached hydrogens (primary N) is 1. The second-order valence-corrected chi connectivity index (χ2v) is 7.63. The summed E-state index contributed by atoms with van der Waals surface area (Å²) < 4.78 is 0. The van der Waals surface area contributed by atoms with Crippen molar-refractivity contribution in [3.63, 3.8) is 0 Å². The standard InChI is InChI=1S/C25H20ClN5O.CH3NO/c1-2-29-31(20-12-8-17(16-27)9-13-20)23-7-3-5-18-10-11-19(15-22(18)23)30-25(32)21-6-4-14-28-24(21)26;2-1-3/h2,4,6-15H,3,5H2,1H3,(H,30,32);1H,(H2,2,3)/b29-2+;. The van der Waals surface area contributed by atoms with E-state index in [1.54, 1.807) is 36.7 Å². The second kappa shape index (κ2) is 12.1. The van der Waals surface area contributed by atoms with Crippen LogP contribution >= 0.6 is 11.6 Å². The number of aromatic nitrogens is 1. The highest BCUT2D eigenvalue weighted by Gasteiger charge is 2.21. The molecule has 1 heterocycles. The van der Waals surface area contributed by atoms with Crippen LogP contribution in [0.5, 0.6) is 0 Å². The van der Waals surface area contributed by atoms with Crippen molar-refractivity contribution < 1.29 is 9.59 Å². The lowest BCUT2D eigenvalue weighted by Crippen LogP contribution is -2.19. The quantitative estimate of drug-likeness (QED) is 0.233. The number of fused-ring (bicyclic) bond motifs is 1. The first-order valence-corrected chi connectivity index (χ1v) is 11.1. The van der Waals surface area contributed by atoms with Crippen LogP contribution in [0, 0.1) is 11.3 Å². The number of pyridine rings is 1. The number of anilines is 2. The van der Waals surface area contributed by atoms with E-state index in [0.717, 1.165) is 29.8 Å². The van der Waals surface area contributed by atoms with E-state index in [9.17, 15) is 4.79 Å². The Balaban J connectivity index is 0.00000108. The lowest BCUT2D eigenvalue weighted by atomic mass is 9.93. The number of nitrogens with zero attached hydrogens (tertiary/aromatic N) is 4.